The highest BCUT2D eigenvalue weighted by molar-refractivity contribution is 7.89. The van der Waals surface area contributed by atoms with Crippen LogP contribution in [0, 0.1) is 0 Å². The van der Waals surface area contributed by atoms with E-state index < -0.39 is 10.0 Å². The second kappa shape index (κ2) is 10.3. The number of nitrogens with zero attached hydrogens (tertiary/aromatic N) is 2. The van der Waals surface area contributed by atoms with Gasteiger partial charge < -0.3 is 14.6 Å². The number of sulfonamides is 1. The van der Waals surface area contributed by atoms with E-state index in [0.29, 0.717) is 31.9 Å². The van der Waals surface area contributed by atoms with Gasteiger partial charge in [0.05, 0.1) is 6.61 Å². The topological polar surface area (TPSA) is 80.6 Å². The Morgan fingerprint density at radius 2 is 1.82 bits per heavy atom. The number of unbranched alkanes of at least 4 members (excludes halogenated alkanes) is 1. The first-order valence-corrected chi connectivity index (χ1v) is 11.0. The van der Waals surface area contributed by atoms with Crippen molar-refractivity contribution in [3.05, 3.63) is 48.3 Å². The van der Waals surface area contributed by atoms with Crippen molar-refractivity contribution >= 4 is 15.9 Å². The van der Waals surface area contributed by atoms with E-state index in [4.69, 9.17) is 4.74 Å². The molecule has 0 saturated heterocycles. The summed E-state index contributed by atoms with van der Waals surface area (Å²) in [6.07, 6.45) is 3.06. The molecule has 0 radical (unpaired) electrons. The molecule has 0 aliphatic carbocycles. The van der Waals surface area contributed by atoms with Crippen molar-refractivity contribution in [3.63, 3.8) is 0 Å². The van der Waals surface area contributed by atoms with Gasteiger partial charge in [0, 0.05) is 32.9 Å². The maximum absolute atomic E-state index is 12.6. The average Bonchev–Trinajstić information content (AvgIpc) is 3.08. The highest BCUT2D eigenvalue weighted by Gasteiger charge is 2.25. The molecule has 0 bridgehead atoms. The minimum Gasteiger partial charge on any atom is -0.494 e. The summed E-state index contributed by atoms with van der Waals surface area (Å²) in [6, 6.07) is 11.0. The summed E-state index contributed by atoms with van der Waals surface area (Å²) in [6.45, 7) is 5.44. The zero-order chi connectivity index (χ0) is 20.6. The molecule has 2 rings (SSSR count). The van der Waals surface area contributed by atoms with Gasteiger partial charge in [0.25, 0.3) is 5.91 Å². The molecule has 7 nitrogen and oxygen atoms in total. The van der Waals surface area contributed by atoms with Gasteiger partial charge in [-0.25, -0.2) is 8.42 Å². The van der Waals surface area contributed by atoms with Gasteiger partial charge in [-0.3, -0.25) is 4.79 Å². The Morgan fingerprint density at radius 1 is 1.14 bits per heavy atom. The standard InChI is InChI=1S/C20H29N3O4S/c1-4-23(5-2)28(25,26)18-15-19(22(3)16-18)20(24)21-13-9-10-14-27-17-11-7-6-8-12-17/h6-8,11-12,15-16H,4-5,9-10,13-14H2,1-3H3,(H,21,24). The number of hydrogen-bond donors (Lipinski definition) is 1. The van der Waals surface area contributed by atoms with Gasteiger partial charge in [-0.2, -0.15) is 4.31 Å². The molecule has 0 saturated carbocycles. The van der Waals surface area contributed by atoms with Crippen LogP contribution in [-0.4, -0.2) is 49.4 Å². The minimum atomic E-state index is -3.58. The van der Waals surface area contributed by atoms with Crippen molar-refractivity contribution in [2.75, 3.05) is 26.2 Å². The lowest BCUT2D eigenvalue weighted by atomic mass is 10.3. The van der Waals surface area contributed by atoms with Crippen molar-refractivity contribution in [1.29, 1.82) is 0 Å². The Bertz CT molecular complexity index is 859. The van der Waals surface area contributed by atoms with E-state index in [-0.39, 0.29) is 10.8 Å². The van der Waals surface area contributed by atoms with Gasteiger partial charge in [-0.05, 0) is 31.0 Å². The zero-order valence-electron chi connectivity index (χ0n) is 16.7. The molecule has 1 amide bonds. The lowest BCUT2D eigenvalue weighted by Crippen LogP contribution is -2.30. The lowest BCUT2D eigenvalue weighted by Gasteiger charge is -2.17. The molecule has 1 aromatic carbocycles. The maximum atomic E-state index is 12.6. The molecule has 1 heterocycles. The van der Waals surface area contributed by atoms with Crippen molar-refractivity contribution in [1.82, 2.24) is 14.2 Å². The molecule has 2 aromatic rings. The Labute approximate surface area is 167 Å². The van der Waals surface area contributed by atoms with Gasteiger partial charge in [0.15, 0.2) is 0 Å². The molecule has 0 aliphatic heterocycles. The molecular formula is C20H29N3O4S. The quantitative estimate of drug-likeness (QED) is 0.581. The SMILES string of the molecule is CCN(CC)S(=O)(=O)c1cc(C(=O)NCCCCOc2ccccc2)n(C)c1. The number of aryl methyl sites for hydroxylation is 1. The molecule has 0 fully saturated rings. The van der Waals surface area contributed by atoms with Crippen LogP contribution in [0.3, 0.4) is 0 Å². The summed E-state index contributed by atoms with van der Waals surface area (Å²) in [5.41, 5.74) is 0.325. The van der Waals surface area contributed by atoms with Crippen molar-refractivity contribution < 1.29 is 17.9 Å². The van der Waals surface area contributed by atoms with Gasteiger partial charge in [-0.15, -0.1) is 0 Å². The monoisotopic (exact) mass is 407 g/mol. The molecule has 8 heteroatoms. The molecule has 0 aliphatic rings. The summed E-state index contributed by atoms with van der Waals surface area (Å²) in [5.74, 6) is 0.546. The summed E-state index contributed by atoms with van der Waals surface area (Å²) < 4.78 is 33.7. The Hall–Kier alpha value is -2.32. The van der Waals surface area contributed by atoms with E-state index >= 15 is 0 Å². The number of hydrogen-bond acceptors (Lipinski definition) is 4. The van der Waals surface area contributed by atoms with Crippen LogP contribution in [0.15, 0.2) is 47.5 Å². The van der Waals surface area contributed by atoms with Crippen LogP contribution in [0.4, 0.5) is 0 Å². The Morgan fingerprint density at radius 3 is 2.46 bits per heavy atom. The molecule has 0 atom stereocenters. The number of carbonyl (C=O) groups is 1. The van der Waals surface area contributed by atoms with Gasteiger partial charge in [0.2, 0.25) is 10.0 Å². The predicted octanol–water partition coefficient (Wildman–Crippen LogP) is 2.64. The predicted molar refractivity (Wildman–Crippen MR) is 109 cm³/mol. The van der Waals surface area contributed by atoms with E-state index in [1.54, 1.807) is 25.5 Å². The second-order valence-electron chi connectivity index (χ2n) is 6.39. The number of para-hydroxylation sites is 1. The zero-order valence-corrected chi connectivity index (χ0v) is 17.5. The smallest absolute Gasteiger partial charge is 0.267 e. The number of amides is 1. The first kappa shape index (κ1) is 22.0. The summed E-state index contributed by atoms with van der Waals surface area (Å²) >= 11 is 0. The third-order valence-electron chi connectivity index (χ3n) is 4.42. The molecule has 1 aromatic heterocycles. The highest BCUT2D eigenvalue weighted by atomic mass is 32.2. The number of aromatic nitrogens is 1. The van der Waals surface area contributed by atoms with E-state index in [9.17, 15) is 13.2 Å². The van der Waals surface area contributed by atoms with Crippen molar-refractivity contribution in [2.45, 2.75) is 31.6 Å². The van der Waals surface area contributed by atoms with Gasteiger partial charge >= 0.3 is 0 Å². The number of rotatable bonds is 11. The average molecular weight is 408 g/mol. The molecule has 0 spiro atoms. The van der Waals surface area contributed by atoms with Crippen molar-refractivity contribution in [2.24, 2.45) is 7.05 Å². The van der Waals surface area contributed by atoms with Crippen LogP contribution in [0.1, 0.15) is 37.2 Å². The first-order valence-electron chi connectivity index (χ1n) is 9.52. The Kier molecular flexibility index (Phi) is 8.07. The fraction of sp³-hybridized carbons (Fsp3) is 0.450. The van der Waals surface area contributed by atoms with Crippen LogP contribution in [0.25, 0.3) is 0 Å². The van der Waals surface area contributed by atoms with E-state index in [1.165, 1.54) is 16.6 Å². The molecule has 0 unspecified atom stereocenters. The largest absolute Gasteiger partial charge is 0.494 e. The van der Waals surface area contributed by atoms with Gasteiger partial charge in [-0.1, -0.05) is 32.0 Å². The fourth-order valence-corrected chi connectivity index (χ4v) is 4.37. The summed E-state index contributed by atoms with van der Waals surface area (Å²) in [7, 11) is -1.91. The summed E-state index contributed by atoms with van der Waals surface area (Å²) in [5, 5.41) is 2.84. The number of carbonyl (C=O) groups excluding carboxylic acids is 1. The van der Waals surface area contributed by atoms with E-state index in [1.807, 2.05) is 30.3 Å². The maximum Gasteiger partial charge on any atom is 0.267 e. The normalized spacial score (nSPS) is 11.6. The van der Waals surface area contributed by atoms with E-state index in [0.717, 1.165) is 18.6 Å². The number of ether oxygens (including phenoxy) is 1. The third kappa shape index (κ3) is 5.59. The first-order chi connectivity index (χ1) is 13.4. The molecular weight excluding hydrogens is 378 g/mol. The van der Waals surface area contributed by atoms with Gasteiger partial charge in [0.1, 0.15) is 16.3 Å². The van der Waals surface area contributed by atoms with Crippen LogP contribution in [-0.2, 0) is 17.1 Å². The lowest BCUT2D eigenvalue weighted by molar-refractivity contribution is 0.0944. The fourth-order valence-electron chi connectivity index (χ4n) is 2.84. The third-order valence-corrected chi connectivity index (χ3v) is 6.44. The van der Waals surface area contributed by atoms with E-state index in [2.05, 4.69) is 5.32 Å². The molecule has 1 N–H and O–H groups in total. The molecule has 28 heavy (non-hydrogen) atoms. The van der Waals surface area contributed by atoms with Crippen LogP contribution in [0.5, 0.6) is 5.75 Å². The molecule has 154 valence electrons. The minimum absolute atomic E-state index is 0.139. The Balaban J connectivity index is 1.83. The summed E-state index contributed by atoms with van der Waals surface area (Å²) in [4.78, 5) is 12.5. The van der Waals surface area contributed by atoms with Crippen LogP contribution in [0.2, 0.25) is 0 Å². The number of nitrogens with one attached hydrogen (secondary N) is 1. The van der Waals surface area contributed by atoms with Crippen molar-refractivity contribution in [3.8, 4) is 5.75 Å². The highest BCUT2D eigenvalue weighted by Crippen LogP contribution is 2.18. The van der Waals surface area contributed by atoms with Crippen LogP contribution < -0.4 is 10.1 Å². The number of benzene rings is 1. The second-order valence-corrected chi connectivity index (χ2v) is 8.32. The van der Waals surface area contributed by atoms with Crippen LogP contribution >= 0.6 is 0 Å².